The molecule has 0 aliphatic carbocycles. The zero-order valence-electron chi connectivity index (χ0n) is 15.8. The average Bonchev–Trinajstić information content (AvgIpc) is 3.41. The van der Waals surface area contributed by atoms with Gasteiger partial charge in [0.15, 0.2) is 5.13 Å². The van der Waals surface area contributed by atoms with Crippen LogP contribution in [0.4, 0.5) is 10.8 Å². The van der Waals surface area contributed by atoms with Crippen molar-refractivity contribution in [3.63, 3.8) is 0 Å². The van der Waals surface area contributed by atoms with E-state index in [2.05, 4.69) is 15.5 Å². The molecule has 0 spiro atoms. The summed E-state index contributed by atoms with van der Waals surface area (Å²) in [5.74, 6) is -0.153. The maximum atomic E-state index is 12.2. The molecule has 2 amide bonds. The molecule has 1 aliphatic rings. The molecule has 152 valence electrons. The fourth-order valence-corrected chi connectivity index (χ4v) is 4.75. The number of thiazole rings is 1. The second-order valence-corrected chi connectivity index (χ2v) is 8.62. The number of nitrogens with zero attached hydrogens (tertiary/aromatic N) is 2. The molecular weight excluding hydrogens is 408 g/mol. The van der Waals surface area contributed by atoms with Gasteiger partial charge in [-0.3, -0.25) is 9.59 Å². The van der Waals surface area contributed by atoms with Gasteiger partial charge >= 0.3 is 0 Å². The number of benzene rings is 1. The summed E-state index contributed by atoms with van der Waals surface area (Å²) in [4.78, 5) is 31.7. The number of nitrogens with one attached hydrogen (secondary N) is 2. The van der Waals surface area contributed by atoms with Crippen molar-refractivity contribution in [1.82, 2.24) is 10.3 Å². The molecule has 3 heterocycles. The molecule has 3 aromatic rings. The van der Waals surface area contributed by atoms with Crippen LogP contribution in [0, 0.1) is 0 Å². The molecular formula is C20H22N4O3S2. The van der Waals surface area contributed by atoms with E-state index in [1.54, 1.807) is 17.4 Å². The first-order valence-corrected chi connectivity index (χ1v) is 11.2. The van der Waals surface area contributed by atoms with Gasteiger partial charge in [0.2, 0.25) is 5.91 Å². The summed E-state index contributed by atoms with van der Waals surface area (Å²) in [5.41, 5.74) is 1.70. The number of hydrogen-bond acceptors (Lipinski definition) is 7. The highest BCUT2D eigenvalue weighted by atomic mass is 32.1. The minimum atomic E-state index is -0.0906. The van der Waals surface area contributed by atoms with Gasteiger partial charge in [0.25, 0.3) is 5.91 Å². The Morgan fingerprint density at radius 1 is 1.21 bits per heavy atom. The molecule has 1 saturated heterocycles. The highest BCUT2D eigenvalue weighted by Crippen LogP contribution is 2.31. The van der Waals surface area contributed by atoms with Crippen LogP contribution in [-0.2, 0) is 9.53 Å². The summed E-state index contributed by atoms with van der Waals surface area (Å²) in [6.45, 7) is 3.63. The third-order valence-electron chi connectivity index (χ3n) is 4.55. The largest absolute Gasteiger partial charge is 0.378 e. The van der Waals surface area contributed by atoms with Gasteiger partial charge in [-0.15, -0.1) is 11.3 Å². The maximum Gasteiger partial charge on any atom is 0.261 e. The first-order chi connectivity index (χ1) is 14.2. The summed E-state index contributed by atoms with van der Waals surface area (Å²) in [7, 11) is 0. The van der Waals surface area contributed by atoms with Gasteiger partial charge < -0.3 is 20.3 Å². The Hall–Kier alpha value is -2.49. The second kappa shape index (κ2) is 9.34. The van der Waals surface area contributed by atoms with E-state index in [-0.39, 0.29) is 11.8 Å². The van der Waals surface area contributed by atoms with Crippen LogP contribution in [0.3, 0.4) is 0 Å². The quantitative estimate of drug-likeness (QED) is 0.562. The maximum absolute atomic E-state index is 12.2. The van der Waals surface area contributed by atoms with Crippen LogP contribution in [0.15, 0.2) is 35.7 Å². The lowest BCUT2D eigenvalue weighted by Gasteiger charge is -2.25. The van der Waals surface area contributed by atoms with E-state index in [9.17, 15) is 9.59 Å². The molecule has 2 N–H and O–H groups in total. The zero-order valence-corrected chi connectivity index (χ0v) is 17.5. The fourth-order valence-electron chi connectivity index (χ4n) is 3.05. The summed E-state index contributed by atoms with van der Waals surface area (Å²) in [6.07, 6.45) is 0.942. The van der Waals surface area contributed by atoms with Crippen LogP contribution >= 0.6 is 22.7 Å². The van der Waals surface area contributed by atoms with Crippen molar-refractivity contribution in [1.29, 1.82) is 0 Å². The highest BCUT2D eigenvalue weighted by Gasteiger charge is 2.15. The van der Waals surface area contributed by atoms with Crippen molar-refractivity contribution in [2.75, 3.05) is 43.1 Å². The number of morpholine rings is 1. The topological polar surface area (TPSA) is 83.6 Å². The smallest absolute Gasteiger partial charge is 0.261 e. The fraction of sp³-hybridized carbons (Fsp3) is 0.350. The predicted molar refractivity (Wildman–Crippen MR) is 117 cm³/mol. The molecule has 0 atom stereocenters. The molecule has 0 radical (unpaired) electrons. The number of aromatic nitrogens is 1. The molecule has 7 nitrogen and oxygen atoms in total. The Kier molecular flexibility index (Phi) is 6.38. The normalized spacial score (nSPS) is 14.1. The number of amides is 2. The standard InChI is InChI=1S/C20H22N4O3S2/c25-18(4-1-7-21-19(26)16-3-2-12-28-16)22-14-5-6-15-17(13-14)29-20(23-15)24-8-10-27-11-9-24/h2-3,5-6,12-13H,1,4,7-11H2,(H,21,26)(H,22,25). The number of thiophene rings is 1. The Balaban J connectivity index is 1.27. The van der Waals surface area contributed by atoms with E-state index in [1.807, 2.05) is 29.6 Å². The van der Waals surface area contributed by atoms with Gasteiger partial charge in [-0.1, -0.05) is 17.4 Å². The third kappa shape index (κ3) is 5.11. The van der Waals surface area contributed by atoms with Crippen molar-refractivity contribution in [3.05, 3.63) is 40.6 Å². The zero-order chi connectivity index (χ0) is 20.1. The van der Waals surface area contributed by atoms with Crippen LogP contribution in [0.25, 0.3) is 10.2 Å². The second-order valence-electron chi connectivity index (χ2n) is 6.66. The Labute approximate surface area is 176 Å². The first-order valence-electron chi connectivity index (χ1n) is 9.54. The van der Waals surface area contributed by atoms with Gasteiger partial charge in [0.05, 0.1) is 28.3 Å². The number of carbonyl (C=O) groups excluding carboxylic acids is 2. The van der Waals surface area contributed by atoms with E-state index in [4.69, 9.17) is 9.72 Å². The molecule has 4 rings (SSSR count). The Bertz CT molecular complexity index is 981. The van der Waals surface area contributed by atoms with Crippen LogP contribution < -0.4 is 15.5 Å². The van der Waals surface area contributed by atoms with Gasteiger partial charge in [0, 0.05) is 31.7 Å². The number of hydrogen-bond donors (Lipinski definition) is 2. The van der Waals surface area contributed by atoms with Gasteiger partial charge in [-0.25, -0.2) is 4.98 Å². The van der Waals surface area contributed by atoms with Crippen molar-refractivity contribution < 1.29 is 14.3 Å². The predicted octanol–water partition coefficient (Wildman–Crippen LogP) is 3.34. The molecule has 0 saturated carbocycles. The number of rotatable bonds is 7. The molecule has 0 unspecified atom stereocenters. The molecule has 1 aliphatic heterocycles. The summed E-state index contributed by atoms with van der Waals surface area (Å²) >= 11 is 3.03. The molecule has 2 aromatic heterocycles. The monoisotopic (exact) mass is 430 g/mol. The van der Waals surface area contributed by atoms with Crippen LogP contribution in [0.1, 0.15) is 22.5 Å². The Morgan fingerprint density at radius 3 is 2.86 bits per heavy atom. The number of fused-ring (bicyclic) bond motifs is 1. The lowest BCUT2D eigenvalue weighted by molar-refractivity contribution is -0.116. The molecule has 9 heteroatoms. The Morgan fingerprint density at radius 2 is 2.07 bits per heavy atom. The summed E-state index contributed by atoms with van der Waals surface area (Å²) < 4.78 is 6.44. The van der Waals surface area contributed by atoms with Crippen LogP contribution in [0.5, 0.6) is 0 Å². The minimum Gasteiger partial charge on any atom is -0.378 e. The number of carbonyl (C=O) groups is 2. The van der Waals surface area contributed by atoms with Gasteiger partial charge in [-0.2, -0.15) is 0 Å². The average molecular weight is 431 g/mol. The van der Waals surface area contributed by atoms with E-state index >= 15 is 0 Å². The van der Waals surface area contributed by atoms with Crippen molar-refractivity contribution in [2.45, 2.75) is 12.8 Å². The van der Waals surface area contributed by atoms with Crippen LogP contribution in [-0.4, -0.2) is 49.6 Å². The van der Waals surface area contributed by atoms with Crippen LogP contribution in [0.2, 0.25) is 0 Å². The van der Waals surface area contributed by atoms with Gasteiger partial charge in [0.1, 0.15) is 0 Å². The highest BCUT2D eigenvalue weighted by molar-refractivity contribution is 7.22. The third-order valence-corrected chi connectivity index (χ3v) is 6.50. The first kappa shape index (κ1) is 19.8. The summed E-state index contributed by atoms with van der Waals surface area (Å²) in [6, 6.07) is 9.41. The SMILES string of the molecule is O=C(CCCNC(=O)c1cccs1)Nc1ccc2nc(N3CCOCC3)sc2c1. The molecule has 0 bridgehead atoms. The van der Waals surface area contributed by atoms with E-state index in [0.717, 1.165) is 47.3 Å². The summed E-state index contributed by atoms with van der Waals surface area (Å²) in [5, 5.41) is 8.63. The van der Waals surface area contributed by atoms with Gasteiger partial charge in [-0.05, 0) is 36.1 Å². The number of anilines is 2. The molecule has 1 fully saturated rings. The van der Waals surface area contributed by atoms with E-state index in [1.165, 1.54) is 11.3 Å². The van der Waals surface area contributed by atoms with Crippen molar-refractivity contribution in [2.24, 2.45) is 0 Å². The van der Waals surface area contributed by atoms with Crippen molar-refractivity contribution in [3.8, 4) is 0 Å². The van der Waals surface area contributed by atoms with E-state index in [0.29, 0.717) is 24.3 Å². The lowest BCUT2D eigenvalue weighted by atomic mass is 10.2. The van der Waals surface area contributed by atoms with E-state index < -0.39 is 0 Å². The molecule has 29 heavy (non-hydrogen) atoms. The minimum absolute atomic E-state index is 0.0624. The number of ether oxygens (including phenoxy) is 1. The lowest BCUT2D eigenvalue weighted by Crippen LogP contribution is -2.36. The van der Waals surface area contributed by atoms with Crippen molar-refractivity contribution >= 4 is 55.5 Å². The molecule has 1 aromatic carbocycles.